The molecule has 19 heavy (non-hydrogen) atoms. The van der Waals surface area contributed by atoms with Gasteiger partial charge in [0.15, 0.2) is 0 Å². The fraction of sp³-hybridized carbons (Fsp3) is 0.533. The Morgan fingerprint density at radius 1 is 1.37 bits per heavy atom. The Hall–Kier alpha value is -1.55. The van der Waals surface area contributed by atoms with Crippen molar-refractivity contribution in [2.75, 3.05) is 7.05 Å². The van der Waals surface area contributed by atoms with E-state index in [2.05, 4.69) is 0 Å². The number of nitrogens with two attached hydrogens (primary N) is 1. The van der Waals surface area contributed by atoms with Crippen LogP contribution in [0.5, 0.6) is 5.75 Å². The number of rotatable bonds is 2. The molecule has 0 saturated heterocycles. The summed E-state index contributed by atoms with van der Waals surface area (Å²) < 4.78 is 0. The second kappa shape index (κ2) is 5.61. The average Bonchev–Trinajstić information content (AvgIpc) is 2.41. The van der Waals surface area contributed by atoms with E-state index in [9.17, 15) is 9.90 Å². The molecule has 0 spiro atoms. The quantitative estimate of drug-likeness (QED) is 0.857. The first kappa shape index (κ1) is 13.9. The first-order valence-corrected chi connectivity index (χ1v) is 6.83. The highest BCUT2D eigenvalue weighted by molar-refractivity contribution is 5.94. The molecule has 4 nitrogen and oxygen atoms in total. The minimum atomic E-state index is -0.0716. The molecule has 0 bridgehead atoms. The van der Waals surface area contributed by atoms with Crippen LogP contribution in [0.1, 0.15) is 41.6 Å². The number of phenols is 1. The number of hydrogen-bond donors (Lipinski definition) is 2. The highest BCUT2D eigenvalue weighted by Gasteiger charge is 2.28. The number of likely N-dealkylation sites (N-methyl/N-ethyl adjacent to an activating group) is 1. The SMILES string of the molecule is Cc1ccc(C(=O)N(C)C2CCCCC2N)cc1O. The molecule has 1 fully saturated rings. The van der Waals surface area contributed by atoms with E-state index >= 15 is 0 Å². The van der Waals surface area contributed by atoms with Gasteiger partial charge in [-0.15, -0.1) is 0 Å². The van der Waals surface area contributed by atoms with Crippen LogP contribution in [0, 0.1) is 6.92 Å². The molecule has 0 radical (unpaired) electrons. The van der Waals surface area contributed by atoms with Gasteiger partial charge in [-0.3, -0.25) is 4.79 Å². The van der Waals surface area contributed by atoms with E-state index < -0.39 is 0 Å². The van der Waals surface area contributed by atoms with Crippen molar-refractivity contribution in [2.24, 2.45) is 5.73 Å². The topological polar surface area (TPSA) is 66.6 Å². The minimum Gasteiger partial charge on any atom is -0.508 e. The van der Waals surface area contributed by atoms with E-state index in [0.717, 1.165) is 31.2 Å². The maximum Gasteiger partial charge on any atom is 0.254 e. The van der Waals surface area contributed by atoms with E-state index in [1.165, 1.54) is 6.07 Å². The lowest BCUT2D eigenvalue weighted by molar-refractivity contribution is 0.0672. The Bertz CT molecular complexity index is 473. The monoisotopic (exact) mass is 262 g/mol. The Labute approximate surface area is 114 Å². The van der Waals surface area contributed by atoms with Crippen LogP contribution >= 0.6 is 0 Å². The molecule has 1 aromatic rings. The molecule has 104 valence electrons. The van der Waals surface area contributed by atoms with Crippen LogP contribution in [0.2, 0.25) is 0 Å². The molecule has 0 aromatic heterocycles. The third-order valence-electron chi connectivity index (χ3n) is 4.06. The third kappa shape index (κ3) is 2.89. The number of aryl methyl sites for hydroxylation is 1. The van der Waals surface area contributed by atoms with Gasteiger partial charge in [0.25, 0.3) is 5.91 Å². The molecule has 2 unspecified atom stereocenters. The normalized spacial score (nSPS) is 23.1. The Kier molecular flexibility index (Phi) is 4.10. The van der Waals surface area contributed by atoms with Gasteiger partial charge < -0.3 is 15.7 Å². The van der Waals surface area contributed by atoms with Gasteiger partial charge in [-0.25, -0.2) is 0 Å². The van der Waals surface area contributed by atoms with Crippen molar-refractivity contribution in [2.45, 2.75) is 44.7 Å². The third-order valence-corrected chi connectivity index (χ3v) is 4.06. The zero-order valence-corrected chi connectivity index (χ0v) is 11.6. The van der Waals surface area contributed by atoms with Crippen molar-refractivity contribution in [3.8, 4) is 5.75 Å². The van der Waals surface area contributed by atoms with Gasteiger partial charge in [0, 0.05) is 24.7 Å². The molecular formula is C15H22N2O2. The molecule has 3 N–H and O–H groups in total. The van der Waals surface area contributed by atoms with E-state index in [4.69, 9.17) is 5.73 Å². The van der Waals surface area contributed by atoms with Crippen LogP contribution in [0.25, 0.3) is 0 Å². The van der Waals surface area contributed by atoms with Gasteiger partial charge in [0.05, 0.1) is 0 Å². The summed E-state index contributed by atoms with van der Waals surface area (Å²) in [5.74, 6) is 0.0878. The van der Waals surface area contributed by atoms with Crippen molar-refractivity contribution in [3.63, 3.8) is 0 Å². The average molecular weight is 262 g/mol. The molecule has 1 aliphatic rings. The predicted octanol–water partition coefficient (Wildman–Crippen LogP) is 2.04. The minimum absolute atomic E-state index is 0.0572. The van der Waals surface area contributed by atoms with Gasteiger partial charge >= 0.3 is 0 Å². The van der Waals surface area contributed by atoms with Crippen LogP contribution in [-0.2, 0) is 0 Å². The molecule has 1 amide bonds. The predicted molar refractivity (Wildman–Crippen MR) is 75.2 cm³/mol. The first-order chi connectivity index (χ1) is 9.00. The fourth-order valence-electron chi connectivity index (χ4n) is 2.72. The molecule has 1 aromatic carbocycles. The lowest BCUT2D eigenvalue weighted by atomic mass is 9.89. The van der Waals surface area contributed by atoms with Crippen molar-refractivity contribution in [1.29, 1.82) is 0 Å². The van der Waals surface area contributed by atoms with Gasteiger partial charge in [-0.1, -0.05) is 18.9 Å². The zero-order chi connectivity index (χ0) is 14.0. The largest absolute Gasteiger partial charge is 0.508 e. The molecule has 1 saturated carbocycles. The number of phenolic OH excluding ortho intramolecular Hbond substituents is 1. The summed E-state index contributed by atoms with van der Waals surface area (Å²) >= 11 is 0. The summed E-state index contributed by atoms with van der Waals surface area (Å²) in [5, 5.41) is 9.70. The van der Waals surface area contributed by atoms with Crippen molar-refractivity contribution in [3.05, 3.63) is 29.3 Å². The number of benzene rings is 1. The Balaban J connectivity index is 2.15. The highest BCUT2D eigenvalue weighted by Crippen LogP contribution is 2.24. The maximum absolute atomic E-state index is 12.4. The fourth-order valence-corrected chi connectivity index (χ4v) is 2.72. The van der Waals surface area contributed by atoms with E-state index in [0.29, 0.717) is 5.56 Å². The summed E-state index contributed by atoms with van der Waals surface area (Å²) in [6.45, 7) is 1.81. The molecule has 2 atom stereocenters. The molecule has 0 aliphatic heterocycles. The summed E-state index contributed by atoms with van der Waals surface area (Å²) in [7, 11) is 1.80. The second-order valence-electron chi connectivity index (χ2n) is 5.43. The van der Waals surface area contributed by atoms with Gasteiger partial charge in [0.2, 0.25) is 0 Å². The standard InChI is InChI=1S/C15H22N2O2/c1-10-7-8-11(9-14(10)18)15(19)17(2)13-6-4-3-5-12(13)16/h7-9,12-13,18H,3-6,16H2,1-2H3. The van der Waals surface area contributed by atoms with Crippen molar-refractivity contribution in [1.82, 2.24) is 4.90 Å². The van der Waals surface area contributed by atoms with Crippen molar-refractivity contribution < 1.29 is 9.90 Å². The van der Waals surface area contributed by atoms with Crippen molar-refractivity contribution >= 4 is 5.91 Å². The molecule has 2 rings (SSSR count). The molecule has 4 heteroatoms. The maximum atomic E-state index is 12.4. The highest BCUT2D eigenvalue weighted by atomic mass is 16.3. The molecule has 1 aliphatic carbocycles. The zero-order valence-electron chi connectivity index (χ0n) is 11.6. The summed E-state index contributed by atoms with van der Waals surface area (Å²) in [6, 6.07) is 5.20. The number of hydrogen-bond acceptors (Lipinski definition) is 3. The van der Waals surface area contributed by atoms with Gasteiger partial charge in [-0.05, 0) is 37.5 Å². The smallest absolute Gasteiger partial charge is 0.254 e. The number of amides is 1. The summed E-state index contributed by atoms with van der Waals surface area (Å²) in [5.41, 5.74) is 7.40. The Morgan fingerprint density at radius 3 is 2.68 bits per heavy atom. The van der Waals surface area contributed by atoms with Crippen LogP contribution in [0.3, 0.4) is 0 Å². The van der Waals surface area contributed by atoms with Crippen LogP contribution in [0.15, 0.2) is 18.2 Å². The first-order valence-electron chi connectivity index (χ1n) is 6.83. The number of carbonyl (C=O) groups excluding carboxylic acids is 1. The summed E-state index contributed by atoms with van der Waals surface area (Å²) in [4.78, 5) is 14.1. The second-order valence-corrected chi connectivity index (χ2v) is 5.43. The Morgan fingerprint density at radius 2 is 2.05 bits per heavy atom. The van der Waals surface area contributed by atoms with Gasteiger partial charge in [0.1, 0.15) is 5.75 Å². The van der Waals surface area contributed by atoms with Gasteiger partial charge in [-0.2, -0.15) is 0 Å². The van der Waals surface area contributed by atoms with E-state index in [1.54, 1.807) is 24.1 Å². The lowest BCUT2D eigenvalue weighted by Crippen LogP contribution is -2.50. The van der Waals surface area contributed by atoms with Crippen LogP contribution < -0.4 is 5.73 Å². The number of carbonyl (C=O) groups is 1. The molecule has 0 heterocycles. The molecular weight excluding hydrogens is 240 g/mol. The summed E-state index contributed by atoms with van der Waals surface area (Å²) in [6.07, 6.45) is 4.20. The van der Waals surface area contributed by atoms with E-state index in [1.807, 2.05) is 6.92 Å². The van der Waals surface area contributed by atoms with Crippen LogP contribution in [0.4, 0.5) is 0 Å². The van der Waals surface area contributed by atoms with E-state index in [-0.39, 0.29) is 23.7 Å². The van der Waals surface area contributed by atoms with Crippen LogP contribution in [-0.4, -0.2) is 35.0 Å². The lowest BCUT2D eigenvalue weighted by Gasteiger charge is -2.36. The number of nitrogens with zero attached hydrogens (tertiary/aromatic N) is 1. The number of aromatic hydroxyl groups is 1.